The number of carbonyl (C=O) groups excluding carboxylic acids is 2. The lowest BCUT2D eigenvalue weighted by Gasteiger charge is -2.19. The van der Waals surface area contributed by atoms with Crippen LogP contribution in [0.3, 0.4) is 0 Å². The molecule has 28 heavy (non-hydrogen) atoms. The van der Waals surface area contributed by atoms with E-state index in [1.54, 1.807) is 18.2 Å². The van der Waals surface area contributed by atoms with Crippen molar-refractivity contribution < 1.29 is 24.2 Å². The van der Waals surface area contributed by atoms with E-state index in [-0.39, 0.29) is 12.5 Å². The summed E-state index contributed by atoms with van der Waals surface area (Å²) in [5.41, 5.74) is 1.57. The first-order chi connectivity index (χ1) is 13.7. The van der Waals surface area contributed by atoms with Crippen molar-refractivity contribution in [1.82, 2.24) is 5.32 Å². The summed E-state index contributed by atoms with van der Waals surface area (Å²) < 4.78 is 10.9. The number of carbonyl (C=O) groups is 2. The molecule has 0 fully saturated rings. The molecule has 1 aliphatic heterocycles. The molecule has 148 valence electrons. The highest BCUT2D eigenvalue weighted by Gasteiger charge is 2.17. The van der Waals surface area contributed by atoms with Crippen LogP contribution < -0.4 is 20.1 Å². The third kappa shape index (κ3) is 5.23. The van der Waals surface area contributed by atoms with E-state index >= 15 is 0 Å². The van der Waals surface area contributed by atoms with Gasteiger partial charge in [0.25, 0.3) is 0 Å². The maximum atomic E-state index is 12.1. The van der Waals surface area contributed by atoms with Crippen LogP contribution >= 0.6 is 0 Å². The SMILES string of the molecule is O=C(NCCC(CCO)c1ccccc1)C(=O)Nc1ccc2c(c1)OCCO2. The highest BCUT2D eigenvalue weighted by molar-refractivity contribution is 6.39. The molecule has 0 aliphatic carbocycles. The van der Waals surface area contributed by atoms with Crippen LogP contribution in [0.1, 0.15) is 24.3 Å². The summed E-state index contributed by atoms with van der Waals surface area (Å²) in [5, 5.41) is 14.5. The third-order valence-electron chi connectivity index (χ3n) is 4.53. The Bertz CT molecular complexity index is 810. The van der Waals surface area contributed by atoms with Crippen LogP contribution in [0.25, 0.3) is 0 Å². The van der Waals surface area contributed by atoms with Gasteiger partial charge in [0.15, 0.2) is 11.5 Å². The van der Waals surface area contributed by atoms with E-state index in [0.29, 0.717) is 49.8 Å². The Morgan fingerprint density at radius 2 is 1.71 bits per heavy atom. The Hall–Kier alpha value is -3.06. The summed E-state index contributed by atoms with van der Waals surface area (Å²) in [6, 6.07) is 14.8. The average molecular weight is 384 g/mol. The summed E-state index contributed by atoms with van der Waals surface area (Å²) >= 11 is 0. The maximum Gasteiger partial charge on any atom is 0.313 e. The number of aliphatic hydroxyl groups excluding tert-OH is 1. The minimum absolute atomic E-state index is 0.0676. The second-order valence-corrected chi connectivity index (χ2v) is 6.48. The van der Waals surface area contributed by atoms with Gasteiger partial charge in [-0.25, -0.2) is 0 Å². The summed E-state index contributed by atoms with van der Waals surface area (Å²) in [5.74, 6) is -0.170. The summed E-state index contributed by atoms with van der Waals surface area (Å²) in [7, 11) is 0. The molecule has 7 heteroatoms. The van der Waals surface area contributed by atoms with Crippen LogP contribution in [0, 0.1) is 0 Å². The van der Waals surface area contributed by atoms with Gasteiger partial charge in [0.1, 0.15) is 13.2 Å². The van der Waals surface area contributed by atoms with Crippen LogP contribution in [0.5, 0.6) is 11.5 Å². The molecule has 1 atom stereocenters. The molecule has 2 aromatic carbocycles. The molecule has 0 spiro atoms. The van der Waals surface area contributed by atoms with E-state index in [4.69, 9.17) is 9.47 Å². The molecule has 2 amide bonds. The minimum Gasteiger partial charge on any atom is -0.486 e. The van der Waals surface area contributed by atoms with E-state index in [1.807, 2.05) is 30.3 Å². The molecule has 3 rings (SSSR count). The molecule has 0 aromatic heterocycles. The molecule has 0 saturated carbocycles. The maximum absolute atomic E-state index is 12.1. The zero-order chi connectivity index (χ0) is 19.8. The number of fused-ring (bicyclic) bond motifs is 1. The van der Waals surface area contributed by atoms with E-state index < -0.39 is 11.8 Å². The number of benzene rings is 2. The van der Waals surface area contributed by atoms with E-state index in [2.05, 4.69) is 10.6 Å². The van der Waals surface area contributed by atoms with Crippen molar-refractivity contribution in [3.8, 4) is 11.5 Å². The van der Waals surface area contributed by atoms with Crippen LogP contribution in [0.15, 0.2) is 48.5 Å². The molecule has 0 radical (unpaired) electrons. The fourth-order valence-electron chi connectivity index (χ4n) is 3.11. The van der Waals surface area contributed by atoms with Crippen molar-refractivity contribution in [2.75, 3.05) is 31.7 Å². The Kier molecular flexibility index (Phi) is 6.86. The average Bonchev–Trinajstić information content (AvgIpc) is 2.73. The molecule has 0 bridgehead atoms. The number of ether oxygens (including phenoxy) is 2. The van der Waals surface area contributed by atoms with Gasteiger partial charge >= 0.3 is 11.8 Å². The lowest BCUT2D eigenvalue weighted by molar-refractivity contribution is -0.136. The van der Waals surface area contributed by atoms with E-state index in [1.165, 1.54) is 0 Å². The summed E-state index contributed by atoms with van der Waals surface area (Å²) in [4.78, 5) is 24.2. The van der Waals surface area contributed by atoms with Gasteiger partial charge in [-0.05, 0) is 36.5 Å². The third-order valence-corrected chi connectivity index (χ3v) is 4.53. The second-order valence-electron chi connectivity index (χ2n) is 6.48. The van der Waals surface area contributed by atoms with Crippen LogP contribution in [-0.2, 0) is 9.59 Å². The molecule has 2 aromatic rings. The smallest absolute Gasteiger partial charge is 0.313 e. The fourth-order valence-corrected chi connectivity index (χ4v) is 3.11. The van der Waals surface area contributed by atoms with Gasteiger partial charge in [-0.1, -0.05) is 30.3 Å². The fraction of sp³-hybridized carbons (Fsp3) is 0.333. The van der Waals surface area contributed by atoms with Gasteiger partial charge in [-0.2, -0.15) is 0 Å². The number of hydrogen-bond acceptors (Lipinski definition) is 5. The topological polar surface area (TPSA) is 96.9 Å². The largest absolute Gasteiger partial charge is 0.486 e. The molecular formula is C21H24N2O5. The quantitative estimate of drug-likeness (QED) is 0.635. The van der Waals surface area contributed by atoms with Crippen molar-refractivity contribution in [2.45, 2.75) is 18.8 Å². The van der Waals surface area contributed by atoms with Gasteiger partial charge < -0.3 is 25.2 Å². The molecule has 3 N–H and O–H groups in total. The Morgan fingerprint density at radius 1 is 0.964 bits per heavy atom. The van der Waals surface area contributed by atoms with E-state index in [0.717, 1.165) is 5.56 Å². The number of hydrogen-bond donors (Lipinski definition) is 3. The number of aliphatic hydroxyl groups is 1. The van der Waals surface area contributed by atoms with Gasteiger partial charge in [-0.3, -0.25) is 9.59 Å². The van der Waals surface area contributed by atoms with Gasteiger partial charge in [-0.15, -0.1) is 0 Å². The predicted octanol–water partition coefficient (Wildman–Crippen LogP) is 2.07. The van der Waals surface area contributed by atoms with Crippen molar-refractivity contribution in [3.63, 3.8) is 0 Å². The number of anilines is 1. The Balaban J connectivity index is 1.49. The molecule has 1 aliphatic rings. The lowest BCUT2D eigenvalue weighted by Crippen LogP contribution is -2.36. The van der Waals surface area contributed by atoms with Crippen molar-refractivity contribution >= 4 is 17.5 Å². The molecule has 7 nitrogen and oxygen atoms in total. The van der Waals surface area contributed by atoms with Gasteiger partial charge in [0.2, 0.25) is 0 Å². The first-order valence-electron chi connectivity index (χ1n) is 9.32. The lowest BCUT2D eigenvalue weighted by atomic mass is 9.93. The van der Waals surface area contributed by atoms with E-state index in [9.17, 15) is 14.7 Å². The number of amides is 2. The highest BCUT2D eigenvalue weighted by atomic mass is 16.6. The highest BCUT2D eigenvalue weighted by Crippen LogP contribution is 2.32. The Labute approximate surface area is 163 Å². The van der Waals surface area contributed by atoms with Gasteiger partial charge in [0.05, 0.1) is 0 Å². The van der Waals surface area contributed by atoms with Crippen molar-refractivity contribution in [1.29, 1.82) is 0 Å². The van der Waals surface area contributed by atoms with Crippen LogP contribution in [0.2, 0.25) is 0 Å². The Morgan fingerprint density at radius 3 is 2.46 bits per heavy atom. The molecule has 1 heterocycles. The van der Waals surface area contributed by atoms with Gasteiger partial charge in [0, 0.05) is 24.9 Å². The zero-order valence-electron chi connectivity index (χ0n) is 15.5. The molecular weight excluding hydrogens is 360 g/mol. The number of rotatable bonds is 7. The first kappa shape index (κ1) is 19.7. The summed E-state index contributed by atoms with van der Waals surface area (Å²) in [6.07, 6.45) is 1.23. The first-order valence-corrected chi connectivity index (χ1v) is 9.32. The predicted molar refractivity (Wildman–Crippen MR) is 105 cm³/mol. The molecule has 0 saturated heterocycles. The van der Waals surface area contributed by atoms with Crippen molar-refractivity contribution in [2.24, 2.45) is 0 Å². The standard InChI is InChI=1S/C21H24N2O5/c24-11-9-16(15-4-2-1-3-5-15)8-10-22-20(25)21(26)23-17-6-7-18-19(14-17)28-13-12-27-18/h1-7,14,16,24H,8-13H2,(H,22,25)(H,23,26). The zero-order valence-corrected chi connectivity index (χ0v) is 15.5. The normalized spacial score (nSPS) is 13.5. The number of nitrogens with one attached hydrogen (secondary N) is 2. The molecule has 1 unspecified atom stereocenters. The van der Waals surface area contributed by atoms with Crippen LogP contribution in [0.4, 0.5) is 5.69 Å². The monoisotopic (exact) mass is 384 g/mol. The minimum atomic E-state index is -0.741. The van der Waals surface area contributed by atoms with Crippen LogP contribution in [-0.4, -0.2) is 43.3 Å². The summed E-state index contributed by atoms with van der Waals surface area (Å²) in [6.45, 7) is 1.34. The van der Waals surface area contributed by atoms with Crippen molar-refractivity contribution in [3.05, 3.63) is 54.1 Å². The second kappa shape index (κ2) is 9.75.